The van der Waals surface area contributed by atoms with Gasteiger partial charge < -0.3 is 9.84 Å². The Morgan fingerprint density at radius 1 is 1.27 bits per heavy atom. The largest absolute Gasteiger partial charge is 0.400 e. The lowest BCUT2D eigenvalue weighted by atomic mass is 9.81. The van der Waals surface area contributed by atoms with Crippen LogP contribution in [0.3, 0.4) is 0 Å². The summed E-state index contributed by atoms with van der Waals surface area (Å²) in [5.41, 5.74) is 0. The van der Waals surface area contributed by atoms with E-state index < -0.39 is 0 Å². The minimum Gasteiger partial charge on any atom is -0.400 e. The van der Waals surface area contributed by atoms with Crippen molar-refractivity contribution in [2.75, 3.05) is 32.3 Å². The van der Waals surface area contributed by atoms with Gasteiger partial charge >= 0.3 is 0 Å². The summed E-state index contributed by atoms with van der Waals surface area (Å²) in [6.45, 7) is 4.31. The lowest BCUT2D eigenvalue weighted by Gasteiger charge is -2.28. The van der Waals surface area contributed by atoms with Crippen molar-refractivity contribution in [1.82, 2.24) is 0 Å². The third-order valence-corrected chi connectivity index (χ3v) is 3.63. The van der Waals surface area contributed by atoms with Gasteiger partial charge in [-0.25, -0.2) is 0 Å². The van der Waals surface area contributed by atoms with Gasteiger partial charge in [0.1, 0.15) is 0 Å². The summed E-state index contributed by atoms with van der Waals surface area (Å²) in [5.74, 6) is 2.87. The lowest BCUT2D eigenvalue weighted by molar-refractivity contribution is 0.0729. The van der Waals surface area contributed by atoms with E-state index in [2.05, 4.69) is 13.2 Å². The zero-order valence-corrected chi connectivity index (χ0v) is 11.2. The summed E-state index contributed by atoms with van der Waals surface area (Å²) in [7, 11) is 1.00. The Bertz CT molecular complexity index is 131. The molecule has 2 nitrogen and oxygen atoms in total. The average Bonchev–Trinajstić information content (AvgIpc) is 2.29. The van der Waals surface area contributed by atoms with Gasteiger partial charge in [-0.05, 0) is 24.5 Å². The summed E-state index contributed by atoms with van der Waals surface area (Å²) in [6, 6.07) is 0. The first-order chi connectivity index (χ1) is 7.34. The highest BCUT2D eigenvalue weighted by Gasteiger charge is 2.20. The van der Waals surface area contributed by atoms with Crippen LogP contribution in [0, 0.1) is 11.8 Å². The Morgan fingerprint density at radius 3 is 2.53 bits per heavy atom. The molecule has 0 amide bonds. The van der Waals surface area contributed by atoms with Crippen molar-refractivity contribution in [1.29, 1.82) is 0 Å². The molecular weight excluding hydrogens is 208 g/mol. The number of ether oxygens (including phenoxy) is 1. The van der Waals surface area contributed by atoms with E-state index in [1.165, 1.54) is 25.7 Å². The molecular formula is C12H26O2S. The molecule has 0 radical (unpaired) electrons. The third-order valence-electron chi connectivity index (χ3n) is 3.05. The van der Waals surface area contributed by atoms with Crippen molar-refractivity contribution in [3.05, 3.63) is 0 Å². The first-order valence-corrected chi connectivity index (χ1v) is 7.25. The Labute approximate surface area is 98.8 Å². The van der Waals surface area contributed by atoms with Crippen LogP contribution in [0.2, 0.25) is 0 Å². The van der Waals surface area contributed by atoms with Gasteiger partial charge in [0.05, 0.1) is 6.61 Å². The normalized spacial score (nSPS) is 25.6. The molecule has 1 aliphatic rings. The summed E-state index contributed by atoms with van der Waals surface area (Å²) in [6.07, 6.45) is 7.78. The molecule has 3 heteroatoms. The van der Waals surface area contributed by atoms with Crippen LogP contribution >= 0.6 is 11.8 Å². The SMILES string of the molecule is CO.CSCCOCC1CCCCC1C. The van der Waals surface area contributed by atoms with Crippen molar-refractivity contribution in [3.8, 4) is 0 Å². The molecule has 1 N–H and O–H groups in total. The molecule has 2 atom stereocenters. The van der Waals surface area contributed by atoms with Crippen LogP contribution < -0.4 is 0 Å². The molecule has 0 aromatic rings. The van der Waals surface area contributed by atoms with E-state index in [-0.39, 0.29) is 0 Å². The minimum absolute atomic E-state index is 0.843. The van der Waals surface area contributed by atoms with E-state index >= 15 is 0 Å². The van der Waals surface area contributed by atoms with Crippen molar-refractivity contribution in [2.24, 2.45) is 11.8 Å². The molecule has 0 bridgehead atoms. The highest BCUT2D eigenvalue weighted by molar-refractivity contribution is 7.98. The predicted octanol–water partition coefficient (Wildman–Crippen LogP) is 2.80. The molecule has 1 saturated carbocycles. The third kappa shape index (κ3) is 7.20. The van der Waals surface area contributed by atoms with Crippen molar-refractivity contribution >= 4 is 11.8 Å². The van der Waals surface area contributed by atoms with Gasteiger partial charge in [0.2, 0.25) is 0 Å². The average molecular weight is 234 g/mol. The summed E-state index contributed by atoms with van der Waals surface area (Å²) in [4.78, 5) is 0. The number of hydrogen-bond donors (Lipinski definition) is 1. The molecule has 0 aromatic carbocycles. The molecule has 0 saturated heterocycles. The molecule has 2 unspecified atom stereocenters. The van der Waals surface area contributed by atoms with Gasteiger partial charge in [-0.15, -0.1) is 0 Å². The van der Waals surface area contributed by atoms with Crippen LogP contribution in [0.25, 0.3) is 0 Å². The van der Waals surface area contributed by atoms with Crippen molar-refractivity contribution in [2.45, 2.75) is 32.6 Å². The Morgan fingerprint density at radius 2 is 1.93 bits per heavy atom. The summed E-state index contributed by atoms with van der Waals surface area (Å²) >= 11 is 1.86. The highest BCUT2D eigenvalue weighted by atomic mass is 32.2. The Kier molecular flexibility index (Phi) is 11.0. The second-order valence-electron chi connectivity index (χ2n) is 4.09. The standard InChI is InChI=1S/C11H22OS.CH4O/c1-10-5-3-4-6-11(10)9-12-7-8-13-2;1-2/h10-11H,3-9H2,1-2H3;2H,1H3. The maximum Gasteiger partial charge on any atom is 0.0556 e. The second kappa shape index (κ2) is 10.8. The molecule has 1 aliphatic carbocycles. The highest BCUT2D eigenvalue weighted by Crippen LogP contribution is 2.29. The molecule has 1 fully saturated rings. The van der Waals surface area contributed by atoms with Gasteiger partial charge in [0.15, 0.2) is 0 Å². The fourth-order valence-electron chi connectivity index (χ4n) is 2.02. The van der Waals surface area contributed by atoms with E-state index in [4.69, 9.17) is 9.84 Å². The van der Waals surface area contributed by atoms with Crippen molar-refractivity contribution < 1.29 is 9.84 Å². The number of aliphatic hydroxyl groups excluding tert-OH is 1. The van der Waals surface area contributed by atoms with E-state index in [0.717, 1.165) is 37.9 Å². The van der Waals surface area contributed by atoms with Gasteiger partial charge in [-0.2, -0.15) is 11.8 Å². The van der Waals surface area contributed by atoms with Crippen LogP contribution in [-0.4, -0.2) is 37.4 Å². The first kappa shape index (κ1) is 15.3. The molecule has 1 rings (SSSR count). The number of thioether (sulfide) groups is 1. The van der Waals surface area contributed by atoms with Gasteiger partial charge in [0.25, 0.3) is 0 Å². The van der Waals surface area contributed by atoms with Crippen LogP contribution in [0.4, 0.5) is 0 Å². The van der Waals surface area contributed by atoms with Gasteiger partial charge in [0, 0.05) is 19.5 Å². The quantitative estimate of drug-likeness (QED) is 0.742. The van der Waals surface area contributed by atoms with E-state index in [1.807, 2.05) is 11.8 Å². The summed E-state index contributed by atoms with van der Waals surface area (Å²) in [5, 5.41) is 7.00. The maximum atomic E-state index is 7.00. The fraction of sp³-hybridized carbons (Fsp3) is 1.00. The Hall–Kier alpha value is 0.270. The number of hydrogen-bond acceptors (Lipinski definition) is 3. The van der Waals surface area contributed by atoms with Gasteiger partial charge in [-0.1, -0.05) is 26.2 Å². The van der Waals surface area contributed by atoms with Crippen LogP contribution in [-0.2, 0) is 4.74 Å². The van der Waals surface area contributed by atoms with E-state index in [0.29, 0.717) is 0 Å². The van der Waals surface area contributed by atoms with Crippen molar-refractivity contribution in [3.63, 3.8) is 0 Å². The van der Waals surface area contributed by atoms with Gasteiger partial charge in [-0.3, -0.25) is 0 Å². The minimum atomic E-state index is 0.843. The number of aliphatic hydroxyl groups is 1. The fourth-order valence-corrected chi connectivity index (χ4v) is 2.30. The summed E-state index contributed by atoms with van der Waals surface area (Å²) < 4.78 is 5.66. The zero-order chi connectivity index (χ0) is 11.5. The van der Waals surface area contributed by atoms with E-state index in [1.54, 1.807) is 0 Å². The van der Waals surface area contributed by atoms with E-state index in [9.17, 15) is 0 Å². The molecule has 92 valence electrons. The molecule has 0 aliphatic heterocycles. The zero-order valence-electron chi connectivity index (χ0n) is 10.4. The Balaban J connectivity index is 0.000000921. The second-order valence-corrected chi connectivity index (χ2v) is 5.08. The lowest BCUT2D eigenvalue weighted by Crippen LogP contribution is -2.22. The number of rotatable bonds is 5. The van der Waals surface area contributed by atoms with Crippen LogP contribution in [0.5, 0.6) is 0 Å². The van der Waals surface area contributed by atoms with Crippen LogP contribution in [0.1, 0.15) is 32.6 Å². The molecule has 0 aromatic heterocycles. The first-order valence-electron chi connectivity index (χ1n) is 5.86. The molecule has 0 spiro atoms. The maximum absolute atomic E-state index is 7.00. The molecule has 0 heterocycles. The molecule has 15 heavy (non-hydrogen) atoms. The smallest absolute Gasteiger partial charge is 0.0556 e. The topological polar surface area (TPSA) is 29.5 Å². The van der Waals surface area contributed by atoms with Crippen LogP contribution in [0.15, 0.2) is 0 Å². The monoisotopic (exact) mass is 234 g/mol. The predicted molar refractivity (Wildman–Crippen MR) is 68.5 cm³/mol.